The molecule has 0 bridgehead atoms. The minimum Gasteiger partial charge on any atom is -0.379 e. The van der Waals surface area contributed by atoms with E-state index in [4.69, 9.17) is 9.73 Å². The number of nitrogens with one attached hydrogen (secondary N) is 1. The van der Waals surface area contributed by atoms with Gasteiger partial charge in [-0.25, -0.2) is 9.97 Å². The van der Waals surface area contributed by atoms with Crippen molar-refractivity contribution in [2.45, 2.75) is 26.8 Å². The van der Waals surface area contributed by atoms with Gasteiger partial charge in [-0.15, -0.1) is 0 Å². The Morgan fingerprint density at radius 3 is 2.39 bits per heavy atom. The van der Waals surface area contributed by atoms with Gasteiger partial charge in [-0.2, -0.15) is 0 Å². The lowest BCUT2D eigenvalue weighted by atomic mass is 10.0. The maximum absolute atomic E-state index is 5.52. The molecule has 0 saturated carbocycles. The van der Waals surface area contributed by atoms with Crippen molar-refractivity contribution in [3.63, 3.8) is 0 Å². The van der Waals surface area contributed by atoms with Gasteiger partial charge in [0.1, 0.15) is 0 Å². The van der Waals surface area contributed by atoms with Crippen LogP contribution in [0.4, 0.5) is 5.95 Å². The summed E-state index contributed by atoms with van der Waals surface area (Å²) < 4.78 is 5.52. The van der Waals surface area contributed by atoms with Crippen LogP contribution in [-0.4, -0.2) is 97.3 Å². The third-order valence-corrected chi connectivity index (χ3v) is 5.46. The lowest BCUT2D eigenvalue weighted by molar-refractivity contribution is 0.00862. The van der Waals surface area contributed by atoms with Gasteiger partial charge in [0.15, 0.2) is 5.96 Å². The van der Waals surface area contributed by atoms with E-state index in [0.717, 1.165) is 77.5 Å². The molecule has 3 heterocycles. The van der Waals surface area contributed by atoms with Gasteiger partial charge >= 0.3 is 0 Å². The van der Waals surface area contributed by atoms with Crippen LogP contribution in [0.25, 0.3) is 0 Å². The Kier molecular flexibility index (Phi) is 7.85. The van der Waals surface area contributed by atoms with Gasteiger partial charge in [0.05, 0.1) is 19.8 Å². The van der Waals surface area contributed by atoms with Crippen LogP contribution in [0.1, 0.15) is 20.8 Å². The molecule has 1 aromatic rings. The number of anilines is 1. The van der Waals surface area contributed by atoms with Crippen LogP contribution in [0, 0.1) is 5.92 Å². The number of piperazine rings is 1. The van der Waals surface area contributed by atoms with Gasteiger partial charge in [-0.1, -0.05) is 13.8 Å². The molecular formula is C20H35N7O. The number of guanidine groups is 1. The van der Waals surface area contributed by atoms with E-state index in [1.54, 1.807) is 12.4 Å². The minimum absolute atomic E-state index is 0.455. The summed E-state index contributed by atoms with van der Waals surface area (Å²) in [7, 11) is 0. The summed E-state index contributed by atoms with van der Waals surface area (Å²) >= 11 is 0. The summed E-state index contributed by atoms with van der Waals surface area (Å²) in [5, 5.41) is 3.49. The second-order valence-corrected chi connectivity index (χ2v) is 7.68. The van der Waals surface area contributed by atoms with Crippen molar-refractivity contribution in [3.8, 4) is 0 Å². The Balaban J connectivity index is 1.60. The predicted octanol–water partition coefficient (Wildman–Crippen LogP) is 0.921. The smallest absolute Gasteiger partial charge is 0.225 e. The highest BCUT2D eigenvalue weighted by Gasteiger charge is 2.25. The molecule has 1 aromatic heterocycles. The molecule has 2 aliphatic heterocycles. The summed E-state index contributed by atoms with van der Waals surface area (Å²) in [4.78, 5) is 20.9. The zero-order valence-corrected chi connectivity index (χ0v) is 17.5. The number of hydrogen-bond acceptors (Lipinski definition) is 6. The normalized spacial score (nSPS) is 20.5. The van der Waals surface area contributed by atoms with E-state index in [1.165, 1.54) is 0 Å². The second kappa shape index (κ2) is 10.6. The lowest BCUT2D eigenvalue weighted by Gasteiger charge is -2.38. The number of ether oxygens (including phenoxy) is 1. The highest BCUT2D eigenvalue weighted by molar-refractivity contribution is 5.80. The first-order valence-electron chi connectivity index (χ1n) is 10.6. The van der Waals surface area contributed by atoms with E-state index >= 15 is 0 Å². The minimum atomic E-state index is 0.455. The third-order valence-electron chi connectivity index (χ3n) is 5.46. The average molecular weight is 390 g/mol. The molecule has 2 fully saturated rings. The first-order valence-corrected chi connectivity index (χ1v) is 10.6. The Bertz CT molecular complexity index is 596. The van der Waals surface area contributed by atoms with Gasteiger partial charge in [0.25, 0.3) is 0 Å². The van der Waals surface area contributed by atoms with Crippen molar-refractivity contribution in [2.75, 3.05) is 70.5 Å². The number of morpholine rings is 1. The number of hydrogen-bond donors (Lipinski definition) is 1. The van der Waals surface area contributed by atoms with Crippen molar-refractivity contribution >= 4 is 11.9 Å². The number of aromatic nitrogens is 2. The fraction of sp³-hybridized carbons (Fsp3) is 0.750. The summed E-state index contributed by atoms with van der Waals surface area (Å²) in [5.41, 5.74) is 0. The summed E-state index contributed by atoms with van der Waals surface area (Å²) in [6.07, 6.45) is 3.61. The molecule has 1 atom stereocenters. The predicted molar refractivity (Wildman–Crippen MR) is 113 cm³/mol. The van der Waals surface area contributed by atoms with E-state index in [-0.39, 0.29) is 0 Å². The van der Waals surface area contributed by atoms with E-state index < -0.39 is 0 Å². The molecule has 0 spiro atoms. The molecule has 1 unspecified atom stereocenters. The largest absolute Gasteiger partial charge is 0.379 e. The monoisotopic (exact) mass is 389 g/mol. The highest BCUT2D eigenvalue weighted by Crippen LogP contribution is 2.14. The quantitative estimate of drug-likeness (QED) is 0.573. The SMILES string of the molecule is CCNC(=NCC(C(C)C)N1CCOCC1)N1CCN(c2ncccn2)CC1. The van der Waals surface area contributed by atoms with Crippen molar-refractivity contribution in [2.24, 2.45) is 10.9 Å². The van der Waals surface area contributed by atoms with Crippen LogP contribution in [0.5, 0.6) is 0 Å². The zero-order chi connectivity index (χ0) is 19.8. The lowest BCUT2D eigenvalue weighted by Crippen LogP contribution is -2.53. The Labute approximate surface area is 169 Å². The third kappa shape index (κ3) is 5.54. The standard InChI is InChI=1S/C20H35N7O/c1-4-21-19(24-16-18(17(2)3)25-12-14-28-15-13-25)26-8-10-27(11-9-26)20-22-6-5-7-23-20/h5-7,17-18H,4,8-16H2,1-3H3,(H,21,24). The summed E-state index contributed by atoms with van der Waals surface area (Å²) in [6.45, 7) is 15.8. The van der Waals surface area contributed by atoms with Crippen LogP contribution < -0.4 is 10.2 Å². The van der Waals surface area contributed by atoms with E-state index in [9.17, 15) is 0 Å². The van der Waals surface area contributed by atoms with E-state index in [2.05, 4.69) is 50.8 Å². The maximum atomic E-state index is 5.52. The first-order chi connectivity index (χ1) is 13.7. The molecule has 1 N–H and O–H groups in total. The summed E-state index contributed by atoms with van der Waals surface area (Å²) in [5.74, 6) is 2.41. The highest BCUT2D eigenvalue weighted by atomic mass is 16.5. The molecule has 2 aliphatic rings. The summed E-state index contributed by atoms with van der Waals surface area (Å²) in [6, 6.07) is 2.31. The number of nitrogens with zero attached hydrogens (tertiary/aromatic N) is 6. The fourth-order valence-electron chi connectivity index (χ4n) is 3.84. The van der Waals surface area contributed by atoms with Crippen LogP contribution in [0.15, 0.2) is 23.5 Å². The number of rotatable bonds is 6. The molecule has 0 aliphatic carbocycles. The Hall–Kier alpha value is -1.93. The maximum Gasteiger partial charge on any atom is 0.225 e. The molecule has 8 heteroatoms. The number of aliphatic imine (C=N–C) groups is 1. The molecule has 8 nitrogen and oxygen atoms in total. The van der Waals surface area contributed by atoms with Crippen LogP contribution in [0.2, 0.25) is 0 Å². The average Bonchev–Trinajstić information content (AvgIpc) is 2.74. The van der Waals surface area contributed by atoms with Crippen molar-refractivity contribution in [1.29, 1.82) is 0 Å². The Morgan fingerprint density at radius 2 is 1.79 bits per heavy atom. The van der Waals surface area contributed by atoms with Crippen LogP contribution >= 0.6 is 0 Å². The van der Waals surface area contributed by atoms with Crippen molar-refractivity contribution in [3.05, 3.63) is 18.5 Å². The van der Waals surface area contributed by atoms with Crippen molar-refractivity contribution in [1.82, 2.24) is 25.1 Å². The molecule has 156 valence electrons. The van der Waals surface area contributed by atoms with E-state index in [0.29, 0.717) is 12.0 Å². The molecular weight excluding hydrogens is 354 g/mol. The molecule has 0 radical (unpaired) electrons. The fourth-order valence-corrected chi connectivity index (χ4v) is 3.84. The molecule has 0 amide bonds. The zero-order valence-electron chi connectivity index (χ0n) is 17.5. The first kappa shape index (κ1) is 20.8. The van der Waals surface area contributed by atoms with Gasteiger partial charge in [0.2, 0.25) is 5.95 Å². The molecule has 0 aromatic carbocycles. The Morgan fingerprint density at radius 1 is 1.11 bits per heavy atom. The molecule has 2 saturated heterocycles. The second-order valence-electron chi connectivity index (χ2n) is 7.68. The van der Waals surface area contributed by atoms with E-state index in [1.807, 2.05) is 6.07 Å². The van der Waals surface area contributed by atoms with Crippen LogP contribution in [-0.2, 0) is 4.74 Å². The van der Waals surface area contributed by atoms with Crippen LogP contribution in [0.3, 0.4) is 0 Å². The molecule has 28 heavy (non-hydrogen) atoms. The van der Waals surface area contributed by atoms with Gasteiger partial charge < -0.3 is 19.9 Å². The van der Waals surface area contributed by atoms with Gasteiger partial charge in [-0.05, 0) is 18.9 Å². The van der Waals surface area contributed by atoms with Gasteiger partial charge in [-0.3, -0.25) is 9.89 Å². The topological polar surface area (TPSA) is 69.1 Å². The van der Waals surface area contributed by atoms with Crippen molar-refractivity contribution < 1.29 is 4.74 Å². The molecule has 3 rings (SSSR count). The van der Waals surface area contributed by atoms with Gasteiger partial charge in [0, 0.05) is 64.2 Å².